The molecule has 0 radical (unpaired) electrons. The number of amides is 3. The summed E-state index contributed by atoms with van der Waals surface area (Å²) in [7, 11) is 0. The number of alkyl halides is 6. The van der Waals surface area contributed by atoms with E-state index in [0.717, 1.165) is 29.5 Å². The fourth-order valence-corrected chi connectivity index (χ4v) is 4.88. The van der Waals surface area contributed by atoms with Gasteiger partial charge >= 0.3 is 18.4 Å². The highest BCUT2D eigenvalue weighted by Crippen LogP contribution is 2.50. The van der Waals surface area contributed by atoms with E-state index in [9.17, 15) is 45.4 Å². The van der Waals surface area contributed by atoms with Crippen LogP contribution >= 0.6 is 11.3 Å². The van der Waals surface area contributed by atoms with Gasteiger partial charge < -0.3 is 15.3 Å². The highest BCUT2D eigenvalue weighted by atomic mass is 32.1. The number of halogens is 7. The van der Waals surface area contributed by atoms with Crippen molar-refractivity contribution in [3.63, 3.8) is 0 Å². The number of aromatic nitrogens is 1. The first-order chi connectivity index (χ1) is 20.1. The molecule has 0 saturated carbocycles. The van der Waals surface area contributed by atoms with Crippen LogP contribution in [0.5, 0.6) is 0 Å². The number of carbonyl (C=O) groups is 2. The Morgan fingerprint density at radius 1 is 0.977 bits per heavy atom. The molecule has 3 amide bonds. The van der Waals surface area contributed by atoms with Crippen LogP contribution in [-0.4, -0.2) is 70.4 Å². The van der Waals surface area contributed by atoms with Gasteiger partial charge in [-0.15, -0.1) is 0 Å². The molecule has 2 aromatic carbocycles. The third-order valence-electron chi connectivity index (χ3n) is 6.56. The van der Waals surface area contributed by atoms with Gasteiger partial charge in [-0.2, -0.15) is 31.6 Å². The molecule has 0 bridgehead atoms. The predicted molar refractivity (Wildman–Crippen MR) is 139 cm³/mol. The Kier molecular flexibility index (Phi) is 8.94. The maximum atomic E-state index is 14.7. The number of benzene rings is 2. The van der Waals surface area contributed by atoms with Crippen LogP contribution in [0.4, 0.5) is 46.3 Å². The number of rotatable bonds is 6. The molecule has 3 N–H and O–H groups in total. The molecule has 17 heteroatoms. The minimum absolute atomic E-state index is 0.0212. The normalized spacial score (nSPS) is 14.7. The molecular formula is C26H21F7N6O3S. The van der Waals surface area contributed by atoms with Crippen molar-refractivity contribution in [2.75, 3.05) is 36.8 Å². The average molecular weight is 631 g/mol. The van der Waals surface area contributed by atoms with Crippen molar-refractivity contribution < 1.29 is 45.4 Å². The summed E-state index contributed by atoms with van der Waals surface area (Å²) in [5, 5.41) is 23.1. The Morgan fingerprint density at radius 3 is 2.14 bits per heavy atom. The van der Waals surface area contributed by atoms with E-state index < -0.39 is 41.3 Å². The Balaban J connectivity index is 1.31. The SMILES string of the molecule is N#Cc1cnc(NC(=O)Nc2ccc(C(=O)N3CCN(Cc4ccc(C(O)(C(F)(F)F)C(F)(F)F)cc4)CC3)cc2F)s1. The summed E-state index contributed by atoms with van der Waals surface area (Å²) in [5.74, 6) is -1.35. The van der Waals surface area contributed by atoms with E-state index in [1.165, 1.54) is 23.2 Å². The molecule has 0 aliphatic carbocycles. The molecule has 0 unspecified atom stereocenters. The van der Waals surface area contributed by atoms with E-state index in [1.54, 1.807) is 0 Å². The molecule has 4 rings (SSSR count). The minimum atomic E-state index is -5.98. The Hall–Kier alpha value is -4.27. The van der Waals surface area contributed by atoms with Gasteiger partial charge in [-0.3, -0.25) is 15.0 Å². The highest BCUT2D eigenvalue weighted by Gasteiger charge is 2.71. The molecule has 0 spiro atoms. The van der Waals surface area contributed by atoms with Crippen LogP contribution in [-0.2, 0) is 12.1 Å². The second-order valence-corrected chi connectivity index (χ2v) is 10.4. The molecule has 1 aliphatic heterocycles. The van der Waals surface area contributed by atoms with Crippen LogP contribution < -0.4 is 10.6 Å². The summed E-state index contributed by atoms with van der Waals surface area (Å²) >= 11 is 0.926. The van der Waals surface area contributed by atoms with Gasteiger partial charge in [0.15, 0.2) is 5.13 Å². The number of aliphatic hydroxyl groups is 1. The molecule has 1 aliphatic rings. The largest absolute Gasteiger partial charge is 0.430 e. The molecule has 9 nitrogen and oxygen atoms in total. The number of hydrogen-bond acceptors (Lipinski definition) is 7. The maximum Gasteiger partial charge on any atom is 0.430 e. The fourth-order valence-electron chi connectivity index (χ4n) is 4.27. The number of nitrogens with zero attached hydrogens (tertiary/aromatic N) is 4. The summed E-state index contributed by atoms with van der Waals surface area (Å²) in [5.41, 5.74) is -6.15. The van der Waals surface area contributed by atoms with E-state index >= 15 is 0 Å². The summed E-state index contributed by atoms with van der Waals surface area (Å²) in [6.07, 6.45) is -10.7. The fraction of sp³-hybridized carbons (Fsp3) is 0.308. The number of nitriles is 1. The van der Waals surface area contributed by atoms with Crippen molar-refractivity contribution in [1.82, 2.24) is 14.8 Å². The topological polar surface area (TPSA) is 122 Å². The van der Waals surface area contributed by atoms with Gasteiger partial charge in [0.25, 0.3) is 11.5 Å². The Labute approximate surface area is 243 Å². The lowest BCUT2D eigenvalue weighted by atomic mass is 9.91. The summed E-state index contributed by atoms with van der Waals surface area (Å²) in [6.45, 7) is 1.21. The second kappa shape index (κ2) is 12.1. The lowest BCUT2D eigenvalue weighted by Crippen LogP contribution is -2.53. The van der Waals surface area contributed by atoms with Crippen LogP contribution in [0.3, 0.4) is 0 Å². The van der Waals surface area contributed by atoms with Crippen molar-refractivity contribution in [2.45, 2.75) is 24.5 Å². The van der Waals surface area contributed by atoms with E-state index in [2.05, 4.69) is 15.6 Å². The van der Waals surface area contributed by atoms with Crippen LogP contribution in [0.25, 0.3) is 0 Å². The number of hydrogen-bond donors (Lipinski definition) is 3. The molecule has 1 aromatic heterocycles. The average Bonchev–Trinajstić information content (AvgIpc) is 3.40. The van der Waals surface area contributed by atoms with E-state index in [-0.39, 0.29) is 40.9 Å². The first-order valence-electron chi connectivity index (χ1n) is 12.3. The van der Waals surface area contributed by atoms with Crippen LogP contribution in [0.1, 0.15) is 26.4 Å². The van der Waals surface area contributed by atoms with Crippen LogP contribution in [0, 0.1) is 17.1 Å². The smallest absolute Gasteiger partial charge is 0.369 e. The third-order valence-corrected chi connectivity index (χ3v) is 7.38. The lowest BCUT2D eigenvalue weighted by molar-refractivity contribution is -0.376. The van der Waals surface area contributed by atoms with Gasteiger partial charge in [-0.25, -0.2) is 14.2 Å². The van der Waals surface area contributed by atoms with E-state index in [4.69, 9.17) is 5.26 Å². The first kappa shape index (κ1) is 31.7. The Bertz CT molecular complexity index is 1510. The molecule has 2 heterocycles. The molecule has 3 aromatic rings. The zero-order valence-corrected chi connectivity index (χ0v) is 22.6. The highest BCUT2D eigenvalue weighted by molar-refractivity contribution is 7.16. The first-order valence-corrected chi connectivity index (χ1v) is 13.1. The van der Waals surface area contributed by atoms with Gasteiger partial charge in [0.1, 0.15) is 16.8 Å². The van der Waals surface area contributed by atoms with Gasteiger partial charge in [0.2, 0.25) is 0 Å². The maximum absolute atomic E-state index is 14.7. The van der Waals surface area contributed by atoms with Gasteiger partial charge in [-0.05, 0) is 23.8 Å². The standard InChI is InChI=1S/C26H21F7N6O3S/c27-19-11-16(3-6-20(19)36-22(41)37-23-35-13-18(12-34)43-23)21(40)39-9-7-38(8-10-39)14-15-1-4-17(5-2-15)24(42,25(28,29)30)26(31,32)33/h1-6,11,13,42H,7-10,14H2,(H2,35,36,37,41). The zero-order chi connectivity index (χ0) is 31.6. The van der Waals surface area contributed by atoms with Crippen molar-refractivity contribution >= 4 is 34.1 Å². The molecule has 0 atom stereocenters. The predicted octanol–water partition coefficient (Wildman–Crippen LogP) is 5.07. The van der Waals surface area contributed by atoms with E-state index in [1.807, 2.05) is 11.0 Å². The molecule has 228 valence electrons. The second-order valence-electron chi connectivity index (χ2n) is 9.39. The van der Waals surface area contributed by atoms with E-state index in [0.29, 0.717) is 30.8 Å². The van der Waals surface area contributed by atoms with Gasteiger partial charge in [0.05, 0.1) is 11.9 Å². The minimum Gasteiger partial charge on any atom is -0.369 e. The number of piperazine rings is 1. The van der Waals surface area contributed by atoms with Crippen molar-refractivity contribution in [3.05, 3.63) is 76.0 Å². The summed E-state index contributed by atoms with van der Waals surface area (Å²) < 4.78 is 93.3. The van der Waals surface area contributed by atoms with Crippen molar-refractivity contribution in [2.24, 2.45) is 0 Å². The number of anilines is 2. The molecule has 43 heavy (non-hydrogen) atoms. The lowest BCUT2D eigenvalue weighted by Gasteiger charge is -2.35. The third kappa shape index (κ3) is 6.87. The summed E-state index contributed by atoms with van der Waals surface area (Å²) in [4.78, 5) is 32.4. The quantitative estimate of drug-likeness (QED) is 0.327. The van der Waals surface area contributed by atoms with Crippen molar-refractivity contribution in [1.29, 1.82) is 5.26 Å². The van der Waals surface area contributed by atoms with Crippen molar-refractivity contribution in [3.8, 4) is 6.07 Å². The van der Waals surface area contributed by atoms with Gasteiger partial charge in [-0.1, -0.05) is 35.6 Å². The monoisotopic (exact) mass is 630 g/mol. The van der Waals surface area contributed by atoms with Crippen LogP contribution in [0.2, 0.25) is 0 Å². The number of thiazole rings is 1. The molecular weight excluding hydrogens is 609 g/mol. The number of urea groups is 1. The molecule has 1 fully saturated rings. The van der Waals surface area contributed by atoms with Crippen LogP contribution in [0.15, 0.2) is 48.7 Å². The number of carbonyl (C=O) groups excluding carboxylic acids is 2. The number of nitrogens with one attached hydrogen (secondary N) is 2. The van der Waals surface area contributed by atoms with Gasteiger partial charge in [0, 0.05) is 43.9 Å². The molecule has 1 saturated heterocycles. The Morgan fingerprint density at radius 2 is 1.60 bits per heavy atom. The zero-order valence-electron chi connectivity index (χ0n) is 21.8. The summed E-state index contributed by atoms with van der Waals surface area (Å²) in [6, 6.07) is 7.85.